The summed E-state index contributed by atoms with van der Waals surface area (Å²) in [7, 11) is 0. The maximum Gasteiger partial charge on any atom is 0.126 e. The lowest BCUT2D eigenvalue weighted by molar-refractivity contribution is 0.459. The first-order valence-electron chi connectivity index (χ1n) is 5.98. The van der Waals surface area contributed by atoms with Crippen LogP contribution in [0, 0.1) is 12.7 Å². The van der Waals surface area contributed by atoms with Crippen LogP contribution in [0.15, 0.2) is 36.4 Å². The molecule has 0 aliphatic rings. The minimum absolute atomic E-state index is 0.0572. The Labute approximate surface area is 116 Å². The van der Waals surface area contributed by atoms with Crippen LogP contribution in [0.2, 0.25) is 5.02 Å². The highest BCUT2D eigenvalue weighted by atomic mass is 35.5. The number of phenols is 1. The molecule has 0 radical (unpaired) electrons. The molecule has 0 bridgehead atoms. The van der Waals surface area contributed by atoms with Crippen molar-refractivity contribution in [3.63, 3.8) is 0 Å². The van der Waals surface area contributed by atoms with E-state index in [2.05, 4.69) is 5.32 Å². The highest BCUT2D eigenvalue weighted by molar-refractivity contribution is 6.31. The molecule has 100 valence electrons. The fourth-order valence-corrected chi connectivity index (χ4v) is 2.07. The number of nitrogens with one attached hydrogen (secondary N) is 1. The van der Waals surface area contributed by atoms with Crippen molar-refractivity contribution >= 4 is 17.3 Å². The van der Waals surface area contributed by atoms with E-state index in [9.17, 15) is 9.50 Å². The highest BCUT2D eigenvalue weighted by Crippen LogP contribution is 2.29. The van der Waals surface area contributed by atoms with Gasteiger partial charge in [0.05, 0.1) is 6.04 Å². The minimum Gasteiger partial charge on any atom is -0.507 e. The second-order valence-corrected chi connectivity index (χ2v) is 4.94. The molecule has 0 aliphatic carbocycles. The van der Waals surface area contributed by atoms with Gasteiger partial charge in [0.2, 0.25) is 0 Å². The lowest BCUT2D eigenvalue weighted by atomic mass is 10.1. The molecule has 4 heteroatoms. The number of hydrogen-bond donors (Lipinski definition) is 2. The Hall–Kier alpha value is -1.74. The van der Waals surface area contributed by atoms with Crippen LogP contribution in [0.5, 0.6) is 5.75 Å². The predicted molar refractivity (Wildman–Crippen MR) is 76.3 cm³/mol. The second-order valence-electron chi connectivity index (χ2n) is 4.53. The van der Waals surface area contributed by atoms with E-state index >= 15 is 0 Å². The Balaban J connectivity index is 2.20. The number of anilines is 1. The van der Waals surface area contributed by atoms with Crippen molar-refractivity contribution in [2.24, 2.45) is 0 Å². The van der Waals surface area contributed by atoms with E-state index in [0.29, 0.717) is 10.6 Å². The number of phenolic OH excluding ortho intramolecular Hbond substituents is 1. The van der Waals surface area contributed by atoms with E-state index in [1.54, 1.807) is 6.07 Å². The molecule has 1 atom stereocenters. The molecule has 0 saturated carbocycles. The molecule has 0 spiro atoms. The van der Waals surface area contributed by atoms with Gasteiger partial charge in [-0.05, 0) is 37.6 Å². The van der Waals surface area contributed by atoms with Gasteiger partial charge < -0.3 is 10.4 Å². The molecular weight excluding hydrogens is 265 g/mol. The third-order valence-electron chi connectivity index (χ3n) is 3.01. The maximum atomic E-state index is 12.9. The monoisotopic (exact) mass is 279 g/mol. The number of halogens is 2. The number of rotatable bonds is 3. The zero-order chi connectivity index (χ0) is 14.0. The van der Waals surface area contributed by atoms with Gasteiger partial charge in [0.25, 0.3) is 0 Å². The van der Waals surface area contributed by atoms with E-state index in [1.165, 1.54) is 6.07 Å². The van der Waals surface area contributed by atoms with Gasteiger partial charge >= 0.3 is 0 Å². The SMILES string of the molecule is Cc1ccc(NC(C)c2ccc(F)cc2O)cc1Cl. The number of aryl methyl sites for hydroxylation is 1. The van der Waals surface area contributed by atoms with Crippen LogP contribution in [-0.2, 0) is 0 Å². The van der Waals surface area contributed by atoms with Gasteiger partial charge in [-0.1, -0.05) is 23.7 Å². The van der Waals surface area contributed by atoms with Crippen LogP contribution >= 0.6 is 11.6 Å². The quantitative estimate of drug-likeness (QED) is 0.856. The maximum absolute atomic E-state index is 12.9. The highest BCUT2D eigenvalue weighted by Gasteiger charge is 2.11. The van der Waals surface area contributed by atoms with Gasteiger partial charge in [0, 0.05) is 22.3 Å². The van der Waals surface area contributed by atoms with Crippen molar-refractivity contribution in [2.75, 3.05) is 5.32 Å². The largest absolute Gasteiger partial charge is 0.507 e. The third-order valence-corrected chi connectivity index (χ3v) is 3.42. The first kappa shape index (κ1) is 13.7. The van der Waals surface area contributed by atoms with Crippen LogP contribution in [0.1, 0.15) is 24.1 Å². The lowest BCUT2D eigenvalue weighted by Gasteiger charge is -2.17. The van der Waals surface area contributed by atoms with Crippen molar-refractivity contribution in [1.82, 2.24) is 0 Å². The van der Waals surface area contributed by atoms with Crippen LogP contribution < -0.4 is 5.32 Å². The van der Waals surface area contributed by atoms with Gasteiger partial charge in [0.15, 0.2) is 0 Å². The molecule has 0 aliphatic heterocycles. The van der Waals surface area contributed by atoms with Crippen molar-refractivity contribution < 1.29 is 9.50 Å². The van der Waals surface area contributed by atoms with Gasteiger partial charge in [-0.25, -0.2) is 4.39 Å². The Kier molecular flexibility index (Phi) is 3.96. The van der Waals surface area contributed by atoms with Crippen molar-refractivity contribution in [3.05, 3.63) is 58.4 Å². The molecule has 2 N–H and O–H groups in total. The first-order chi connectivity index (χ1) is 8.97. The summed E-state index contributed by atoms with van der Waals surface area (Å²) in [5, 5.41) is 13.6. The van der Waals surface area contributed by atoms with Crippen LogP contribution in [-0.4, -0.2) is 5.11 Å². The molecule has 0 saturated heterocycles. The lowest BCUT2D eigenvalue weighted by Crippen LogP contribution is -2.07. The standard InChI is InChI=1S/C15H15ClFNO/c1-9-3-5-12(8-14(9)16)18-10(2)13-6-4-11(17)7-15(13)19/h3-8,10,18-19H,1-2H3. The minimum atomic E-state index is -0.452. The van der Waals surface area contributed by atoms with Crippen molar-refractivity contribution in [1.29, 1.82) is 0 Å². The molecule has 2 rings (SSSR count). The summed E-state index contributed by atoms with van der Waals surface area (Å²) in [6, 6.07) is 9.51. The average Bonchev–Trinajstić information content (AvgIpc) is 2.33. The summed E-state index contributed by atoms with van der Waals surface area (Å²) < 4.78 is 12.9. The van der Waals surface area contributed by atoms with Gasteiger partial charge in [0.1, 0.15) is 11.6 Å². The molecule has 0 amide bonds. The van der Waals surface area contributed by atoms with E-state index < -0.39 is 5.82 Å². The third kappa shape index (κ3) is 3.18. The van der Waals surface area contributed by atoms with Gasteiger partial charge in [-0.3, -0.25) is 0 Å². The topological polar surface area (TPSA) is 32.3 Å². The normalized spacial score (nSPS) is 12.2. The molecule has 0 aromatic heterocycles. The molecule has 2 aromatic rings. The van der Waals surface area contributed by atoms with E-state index in [0.717, 1.165) is 17.3 Å². The summed E-state index contributed by atoms with van der Waals surface area (Å²) in [4.78, 5) is 0. The number of aromatic hydroxyl groups is 1. The predicted octanol–water partition coefficient (Wildman–Crippen LogP) is 4.67. The van der Waals surface area contributed by atoms with Crippen molar-refractivity contribution in [2.45, 2.75) is 19.9 Å². The van der Waals surface area contributed by atoms with E-state index in [4.69, 9.17) is 11.6 Å². The first-order valence-corrected chi connectivity index (χ1v) is 6.36. The summed E-state index contributed by atoms with van der Waals surface area (Å²) in [5.41, 5.74) is 2.49. The Morgan fingerprint density at radius 1 is 1.21 bits per heavy atom. The Morgan fingerprint density at radius 2 is 1.95 bits per heavy atom. The number of hydrogen-bond acceptors (Lipinski definition) is 2. The van der Waals surface area contributed by atoms with E-state index in [-0.39, 0.29) is 11.8 Å². The number of benzene rings is 2. The molecule has 0 fully saturated rings. The van der Waals surface area contributed by atoms with Crippen LogP contribution in [0.25, 0.3) is 0 Å². The molecule has 1 unspecified atom stereocenters. The molecular formula is C15H15ClFNO. The second kappa shape index (κ2) is 5.49. The molecule has 0 heterocycles. The fourth-order valence-electron chi connectivity index (χ4n) is 1.89. The Bertz CT molecular complexity index is 601. The van der Waals surface area contributed by atoms with Crippen LogP contribution in [0.3, 0.4) is 0 Å². The zero-order valence-corrected chi connectivity index (χ0v) is 11.5. The summed E-state index contributed by atoms with van der Waals surface area (Å²) in [6.45, 7) is 3.82. The fraction of sp³-hybridized carbons (Fsp3) is 0.200. The zero-order valence-electron chi connectivity index (χ0n) is 10.7. The smallest absolute Gasteiger partial charge is 0.126 e. The summed E-state index contributed by atoms with van der Waals surface area (Å²) in [6.07, 6.45) is 0. The van der Waals surface area contributed by atoms with Crippen molar-refractivity contribution in [3.8, 4) is 5.75 Å². The molecule has 19 heavy (non-hydrogen) atoms. The van der Waals surface area contributed by atoms with E-state index in [1.807, 2.05) is 32.0 Å². The van der Waals surface area contributed by atoms with Gasteiger partial charge in [-0.15, -0.1) is 0 Å². The summed E-state index contributed by atoms with van der Waals surface area (Å²) >= 11 is 6.06. The molecule has 2 aromatic carbocycles. The summed E-state index contributed by atoms with van der Waals surface area (Å²) in [5.74, 6) is -0.509. The molecule has 2 nitrogen and oxygen atoms in total. The average molecular weight is 280 g/mol. The Morgan fingerprint density at radius 3 is 2.58 bits per heavy atom. The van der Waals surface area contributed by atoms with Gasteiger partial charge in [-0.2, -0.15) is 0 Å². The van der Waals surface area contributed by atoms with Crippen LogP contribution in [0.4, 0.5) is 10.1 Å².